The largest absolute Gasteiger partial charge is 0.497 e. The van der Waals surface area contributed by atoms with E-state index in [1.54, 1.807) is 49.1 Å². The van der Waals surface area contributed by atoms with Gasteiger partial charge in [0.05, 0.1) is 26.3 Å². The van der Waals surface area contributed by atoms with E-state index in [2.05, 4.69) is 0 Å². The van der Waals surface area contributed by atoms with Crippen molar-refractivity contribution in [3.05, 3.63) is 54.1 Å². The Labute approximate surface area is 159 Å². The number of carbonyl (C=O) groups is 2. The zero-order valence-corrected chi connectivity index (χ0v) is 15.8. The first-order valence-electron chi connectivity index (χ1n) is 8.92. The number of anilines is 1. The van der Waals surface area contributed by atoms with E-state index < -0.39 is 6.04 Å². The molecule has 27 heavy (non-hydrogen) atoms. The lowest BCUT2D eigenvalue weighted by Gasteiger charge is -2.39. The van der Waals surface area contributed by atoms with E-state index in [1.165, 1.54) is 0 Å². The van der Waals surface area contributed by atoms with Crippen molar-refractivity contribution < 1.29 is 19.1 Å². The number of carbonyl (C=O) groups excluding carboxylic acids is 2. The van der Waals surface area contributed by atoms with Gasteiger partial charge in [0.1, 0.15) is 17.5 Å². The zero-order valence-electron chi connectivity index (χ0n) is 15.8. The maximum atomic E-state index is 13.0. The van der Waals surface area contributed by atoms with Crippen LogP contribution in [0.3, 0.4) is 0 Å². The SMILES string of the molecule is COc1ccc(OC)c(N2CCN(C(=O)Cc3ccccc3)C(C)C2=O)c1. The van der Waals surface area contributed by atoms with Gasteiger partial charge in [0.15, 0.2) is 0 Å². The Morgan fingerprint density at radius 3 is 2.48 bits per heavy atom. The van der Waals surface area contributed by atoms with Crippen molar-refractivity contribution in [2.75, 3.05) is 32.2 Å². The van der Waals surface area contributed by atoms with Gasteiger partial charge in [0, 0.05) is 19.2 Å². The summed E-state index contributed by atoms with van der Waals surface area (Å²) in [5.41, 5.74) is 1.60. The fraction of sp³-hybridized carbons (Fsp3) is 0.333. The third kappa shape index (κ3) is 3.89. The van der Waals surface area contributed by atoms with Crippen LogP contribution >= 0.6 is 0 Å². The van der Waals surface area contributed by atoms with Crippen molar-refractivity contribution in [1.82, 2.24) is 4.90 Å². The summed E-state index contributed by atoms with van der Waals surface area (Å²) in [5, 5.41) is 0. The highest BCUT2D eigenvalue weighted by Gasteiger charge is 2.36. The van der Waals surface area contributed by atoms with E-state index in [0.29, 0.717) is 36.7 Å². The molecular weight excluding hydrogens is 344 g/mol. The molecule has 2 aromatic rings. The van der Waals surface area contributed by atoms with Gasteiger partial charge in [-0.05, 0) is 24.6 Å². The number of rotatable bonds is 5. The van der Waals surface area contributed by atoms with Crippen molar-refractivity contribution in [2.45, 2.75) is 19.4 Å². The topological polar surface area (TPSA) is 59.1 Å². The molecule has 0 N–H and O–H groups in total. The van der Waals surface area contributed by atoms with Crippen molar-refractivity contribution in [2.24, 2.45) is 0 Å². The van der Waals surface area contributed by atoms with Gasteiger partial charge in [0.25, 0.3) is 0 Å². The Kier molecular flexibility index (Phi) is 5.64. The Morgan fingerprint density at radius 2 is 1.81 bits per heavy atom. The predicted molar refractivity (Wildman–Crippen MR) is 103 cm³/mol. The zero-order chi connectivity index (χ0) is 19.4. The van der Waals surface area contributed by atoms with Gasteiger partial charge in [-0.25, -0.2) is 0 Å². The number of nitrogens with zero attached hydrogens (tertiary/aromatic N) is 2. The fourth-order valence-corrected chi connectivity index (χ4v) is 3.33. The monoisotopic (exact) mass is 368 g/mol. The number of piperazine rings is 1. The Hall–Kier alpha value is -3.02. The van der Waals surface area contributed by atoms with Gasteiger partial charge >= 0.3 is 0 Å². The van der Waals surface area contributed by atoms with Crippen molar-refractivity contribution in [1.29, 1.82) is 0 Å². The van der Waals surface area contributed by atoms with Gasteiger partial charge in [-0.3, -0.25) is 9.59 Å². The molecule has 3 rings (SSSR count). The van der Waals surface area contributed by atoms with Crippen molar-refractivity contribution in [3.8, 4) is 11.5 Å². The maximum absolute atomic E-state index is 13.0. The Balaban J connectivity index is 1.78. The van der Waals surface area contributed by atoms with Crippen LogP contribution in [0.2, 0.25) is 0 Å². The van der Waals surface area contributed by atoms with Crippen molar-refractivity contribution >= 4 is 17.5 Å². The van der Waals surface area contributed by atoms with Crippen LogP contribution in [-0.4, -0.2) is 50.1 Å². The van der Waals surface area contributed by atoms with Crippen LogP contribution in [0.5, 0.6) is 11.5 Å². The summed E-state index contributed by atoms with van der Waals surface area (Å²) in [6, 6.07) is 14.4. The van der Waals surface area contributed by atoms with E-state index in [4.69, 9.17) is 9.47 Å². The van der Waals surface area contributed by atoms with Crippen molar-refractivity contribution in [3.63, 3.8) is 0 Å². The Morgan fingerprint density at radius 1 is 1.07 bits per heavy atom. The molecule has 1 saturated heterocycles. The summed E-state index contributed by atoms with van der Waals surface area (Å²) < 4.78 is 10.7. The highest BCUT2D eigenvalue weighted by Crippen LogP contribution is 2.34. The van der Waals surface area contributed by atoms with E-state index in [-0.39, 0.29) is 11.8 Å². The molecule has 0 spiro atoms. The van der Waals surface area contributed by atoms with Crippen LogP contribution in [0.1, 0.15) is 12.5 Å². The molecule has 6 nitrogen and oxygen atoms in total. The van der Waals surface area contributed by atoms with Gasteiger partial charge in [-0.1, -0.05) is 30.3 Å². The lowest BCUT2D eigenvalue weighted by molar-refractivity contribution is -0.140. The molecule has 0 bridgehead atoms. The number of amides is 2. The van der Waals surface area contributed by atoms with E-state index in [1.807, 2.05) is 30.3 Å². The van der Waals surface area contributed by atoms with Crippen LogP contribution in [0.15, 0.2) is 48.5 Å². The molecule has 0 aromatic heterocycles. The molecule has 6 heteroatoms. The van der Waals surface area contributed by atoms with E-state index >= 15 is 0 Å². The molecule has 142 valence electrons. The van der Waals surface area contributed by atoms with Crippen LogP contribution < -0.4 is 14.4 Å². The smallest absolute Gasteiger partial charge is 0.249 e. The standard InChI is InChI=1S/C21H24N2O4/c1-15-21(25)23(18-14-17(26-2)9-10-19(18)27-3)12-11-22(15)20(24)13-16-7-5-4-6-8-16/h4-10,14-15H,11-13H2,1-3H3. The first kappa shape index (κ1) is 18.8. The minimum atomic E-state index is -0.536. The van der Waals surface area contributed by atoms with Crippen LogP contribution in [-0.2, 0) is 16.0 Å². The predicted octanol–water partition coefficient (Wildman–Crippen LogP) is 2.51. The number of benzene rings is 2. The molecule has 0 radical (unpaired) electrons. The second-order valence-corrected chi connectivity index (χ2v) is 6.45. The minimum absolute atomic E-state index is 0.0423. The molecule has 2 amide bonds. The lowest BCUT2D eigenvalue weighted by atomic mass is 10.1. The number of hydrogen-bond acceptors (Lipinski definition) is 4. The average Bonchev–Trinajstić information content (AvgIpc) is 2.70. The van der Waals surface area contributed by atoms with E-state index in [9.17, 15) is 9.59 Å². The van der Waals surface area contributed by atoms with Gasteiger partial charge in [-0.2, -0.15) is 0 Å². The number of methoxy groups -OCH3 is 2. The van der Waals surface area contributed by atoms with Gasteiger partial charge < -0.3 is 19.3 Å². The maximum Gasteiger partial charge on any atom is 0.249 e. The second kappa shape index (κ2) is 8.12. The summed E-state index contributed by atoms with van der Waals surface area (Å²) in [4.78, 5) is 29.0. The second-order valence-electron chi connectivity index (χ2n) is 6.45. The normalized spacial score (nSPS) is 17.0. The molecule has 1 fully saturated rings. The van der Waals surface area contributed by atoms with Gasteiger partial charge in [0.2, 0.25) is 11.8 Å². The summed E-state index contributed by atoms with van der Waals surface area (Å²) in [6.07, 6.45) is 0.293. The Bertz CT molecular complexity index is 822. The third-order valence-electron chi connectivity index (χ3n) is 4.85. The van der Waals surface area contributed by atoms with E-state index in [0.717, 1.165) is 5.56 Å². The first-order valence-corrected chi connectivity index (χ1v) is 8.92. The molecule has 1 heterocycles. The highest BCUT2D eigenvalue weighted by atomic mass is 16.5. The number of hydrogen-bond donors (Lipinski definition) is 0. The fourth-order valence-electron chi connectivity index (χ4n) is 3.33. The molecule has 0 saturated carbocycles. The molecule has 1 atom stereocenters. The molecule has 1 aliphatic heterocycles. The first-order chi connectivity index (χ1) is 13.0. The van der Waals surface area contributed by atoms with Gasteiger partial charge in [-0.15, -0.1) is 0 Å². The summed E-state index contributed by atoms with van der Waals surface area (Å²) in [6.45, 7) is 2.65. The highest BCUT2D eigenvalue weighted by molar-refractivity contribution is 6.01. The third-order valence-corrected chi connectivity index (χ3v) is 4.85. The molecule has 1 aliphatic rings. The summed E-state index contributed by atoms with van der Waals surface area (Å²) in [7, 11) is 3.15. The lowest BCUT2D eigenvalue weighted by Crippen LogP contribution is -2.58. The van der Waals surface area contributed by atoms with Crippen LogP contribution in [0, 0.1) is 0 Å². The van der Waals surface area contributed by atoms with Crippen LogP contribution in [0.4, 0.5) is 5.69 Å². The quantitative estimate of drug-likeness (QED) is 0.814. The minimum Gasteiger partial charge on any atom is -0.497 e. The summed E-state index contributed by atoms with van der Waals surface area (Å²) >= 11 is 0. The number of ether oxygens (including phenoxy) is 2. The molecule has 2 aromatic carbocycles. The molecule has 0 aliphatic carbocycles. The summed E-state index contributed by atoms with van der Waals surface area (Å²) in [5.74, 6) is 1.07. The average molecular weight is 368 g/mol. The van der Waals surface area contributed by atoms with Crippen LogP contribution in [0.25, 0.3) is 0 Å². The molecule has 1 unspecified atom stereocenters. The molecular formula is C21H24N2O4.